The van der Waals surface area contributed by atoms with Gasteiger partial charge in [-0.15, -0.1) is 0 Å². The van der Waals surface area contributed by atoms with Gasteiger partial charge in [0, 0.05) is 26.2 Å². The van der Waals surface area contributed by atoms with Crippen molar-refractivity contribution in [1.82, 2.24) is 0 Å². The summed E-state index contributed by atoms with van der Waals surface area (Å²) >= 11 is 0. The molecule has 6 heteroatoms. The van der Waals surface area contributed by atoms with Gasteiger partial charge in [0.1, 0.15) is 11.5 Å². The van der Waals surface area contributed by atoms with Crippen LogP contribution in [0.3, 0.4) is 0 Å². The average molecular weight is 350 g/mol. The lowest BCUT2D eigenvalue weighted by Crippen LogP contribution is -2.29. The molecule has 0 saturated carbocycles. The molecule has 5 nitrogen and oxygen atoms in total. The van der Waals surface area contributed by atoms with Crippen LogP contribution in [-0.2, 0) is 31.1 Å². The predicted octanol–water partition coefficient (Wildman–Crippen LogP) is 3.45. The smallest absolute Gasteiger partial charge is 0.313 e. The number of hydrogen-bond donors (Lipinski definition) is 0. The van der Waals surface area contributed by atoms with Crippen molar-refractivity contribution in [3.63, 3.8) is 0 Å². The lowest BCUT2D eigenvalue weighted by Gasteiger charge is -2.30. The fraction of sp³-hybridized carbons (Fsp3) is 0.333. The minimum absolute atomic E-state index is 0.176. The zero-order valence-corrected chi connectivity index (χ0v) is 14.9. The molecular formula is C18H22O5S. The maximum absolute atomic E-state index is 12.1. The number of methoxy groups -OCH3 is 2. The third-order valence-electron chi connectivity index (χ3n) is 3.83. The molecule has 0 amide bonds. The summed E-state index contributed by atoms with van der Waals surface area (Å²) in [6, 6.07) is 15.6. The molecule has 2 aromatic rings. The van der Waals surface area contributed by atoms with E-state index < -0.39 is 15.9 Å². The summed E-state index contributed by atoms with van der Waals surface area (Å²) in [5, 5.41) is 0. The van der Waals surface area contributed by atoms with Crippen molar-refractivity contribution in [3.8, 4) is 5.75 Å². The maximum Gasteiger partial charge on any atom is 0.313 e. The van der Waals surface area contributed by atoms with E-state index in [1.807, 2.05) is 13.0 Å². The minimum atomic E-state index is -3.72. The van der Waals surface area contributed by atoms with Crippen molar-refractivity contribution in [3.05, 3.63) is 65.7 Å². The van der Waals surface area contributed by atoms with Crippen LogP contribution in [-0.4, -0.2) is 22.6 Å². The Morgan fingerprint density at radius 3 is 2.00 bits per heavy atom. The van der Waals surface area contributed by atoms with Gasteiger partial charge in [-0.3, -0.25) is 0 Å². The Morgan fingerprint density at radius 1 is 0.917 bits per heavy atom. The summed E-state index contributed by atoms with van der Waals surface area (Å²) in [7, 11) is -0.573. The number of hydrogen-bond acceptors (Lipinski definition) is 5. The van der Waals surface area contributed by atoms with E-state index in [0.29, 0.717) is 12.0 Å². The molecule has 2 rings (SSSR count). The third-order valence-corrected chi connectivity index (χ3v) is 4.96. The first kappa shape index (κ1) is 18.4. The molecule has 0 aromatic heterocycles. The van der Waals surface area contributed by atoms with Crippen LogP contribution in [0.1, 0.15) is 24.5 Å². The van der Waals surface area contributed by atoms with Crippen LogP contribution in [0.15, 0.2) is 54.6 Å². The number of benzene rings is 2. The predicted molar refractivity (Wildman–Crippen MR) is 92.1 cm³/mol. The highest BCUT2D eigenvalue weighted by Gasteiger charge is 2.29. The Bertz CT molecular complexity index is 726. The summed E-state index contributed by atoms with van der Waals surface area (Å²) in [4.78, 5) is 0. The molecule has 24 heavy (non-hydrogen) atoms. The van der Waals surface area contributed by atoms with Crippen molar-refractivity contribution < 1.29 is 22.1 Å². The highest BCUT2D eigenvalue weighted by molar-refractivity contribution is 7.86. The summed E-state index contributed by atoms with van der Waals surface area (Å²) < 4.78 is 40.4. The van der Waals surface area contributed by atoms with Gasteiger partial charge in [0.25, 0.3) is 0 Å². The zero-order valence-electron chi connectivity index (χ0n) is 14.1. The zero-order chi connectivity index (χ0) is 17.6. The monoisotopic (exact) mass is 350 g/mol. The Morgan fingerprint density at radius 2 is 1.50 bits per heavy atom. The van der Waals surface area contributed by atoms with Gasteiger partial charge in [-0.05, 0) is 29.8 Å². The van der Waals surface area contributed by atoms with E-state index in [2.05, 4.69) is 0 Å². The highest BCUT2D eigenvalue weighted by Crippen LogP contribution is 2.31. The molecule has 0 radical (unpaired) electrons. The summed E-state index contributed by atoms with van der Waals surface area (Å²) in [6.07, 6.45) is 0.618. The molecule has 0 fully saturated rings. The topological polar surface area (TPSA) is 61.8 Å². The third kappa shape index (κ3) is 4.35. The second-order valence-corrected chi connectivity index (χ2v) is 6.88. The van der Waals surface area contributed by atoms with E-state index in [1.165, 1.54) is 0 Å². The quantitative estimate of drug-likeness (QED) is 0.539. The van der Waals surface area contributed by atoms with Crippen molar-refractivity contribution in [2.24, 2.45) is 0 Å². The lowest BCUT2D eigenvalue weighted by molar-refractivity contribution is -0.217. The lowest BCUT2D eigenvalue weighted by atomic mass is 10.0. The second-order valence-electron chi connectivity index (χ2n) is 5.31. The van der Waals surface area contributed by atoms with Crippen LogP contribution in [0.4, 0.5) is 0 Å². The fourth-order valence-corrected chi connectivity index (χ4v) is 3.59. The van der Waals surface area contributed by atoms with E-state index in [4.69, 9.17) is 13.7 Å². The molecule has 0 aliphatic carbocycles. The summed E-state index contributed by atoms with van der Waals surface area (Å²) in [6.45, 7) is 1.95. The van der Waals surface area contributed by atoms with Crippen LogP contribution >= 0.6 is 0 Å². The van der Waals surface area contributed by atoms with Gasteiger partial charge in [0.05, 0.1) is 0 Å². The highest BCUT2D eigenvalue weighted by atomic mass is 32.2. The van der Waals surface area contributed by atoms with Crippen LogP contribution in [0.25, 0.3) is 0 Å². The van der Waals surface area contributed by atoms with E-state index in [-0.39, 0.29) is 11.5 Å². The molecule has 0 bridgehead atoms. The standard InChI is InChI=1S/C18H22O5S/c1-4-18(21-2,22-3)16-10-12-17(13-11-16)23-24(19,20)14-15-8-6-5-7-9-15/h5-13H,4,14H2,1-3H3. The Hall–Kier alpha value is -1.89. The van der Waals surface area contributed by atoms with Crippen LogP contribution in [0.5, 0.6) is 5.75 Å². The van der Waals surface area contributed by atoms with Gasteiger partial charge >= 0.3 is 10.1 Å². The van der Waals surface area contributed by atoms with E-state index in [9.17, 15) is 8.42 Å². The Kier molecular flexibility index (Phi) is 5.99. The Labute approximate surface area is 143 Å². The number of ether oxygens (including phenoxy) is 2. The minimum Gasteiger partial charge on any atom is -0.382 e. The maximum atomic E-state index is 12.1. The van der Waals surface area contributed by atoms with Gasteiger partial charge in [-0.25, -0.2) is 0 Å². The molecule has 0 N–H and O–H groups in total. The normalized spacial score (nSPS) is 12.1. The first-order chi connectivity index (χ1) is 11.4. The molecule has 0 aliphatic rings. The molecule has 0 saturated heterocycles. The average Bonchev–Trinajstić information content (AvgIpc) is 2.58. The Balaban J connectivity index is 2.14. The van der Waals surface area contributed by atoms with Crippen LogP contribution in [0.2, 0.25) is 0 Å². The molecule has 0 unspecified atom stereocenters. The molecule has 2 aromatic carbocycles. The first-order valence-electron chi connectivity index (χ1n) is 7.61. The van der Waals surface area contributed by atoms with Gasteiger partial charge < -0.3 is 13.7 Å². The van der Waals surface area contributed by atoms with E-state index >= 15 is 0 Å². The molecule has 0 atom stereocenters. The van der Waals surface area contributed by atoms with Gasteiger partial charge in [-0.2, -0.15) is 8.42 Å². The first-order valence-corrected chi connectivity index (χ1v) is 9.19. The van der Waals surface area contributed by atoms with Gasteiger partial charge in [0.15, 0.2) is 5.79 Å². The second kappa shape index (κ2) is 7.79. The van der Waals surface area contributed by atoms with Crippen molar-refractivity contribution in [2.45, 2.75) is 24.9 Å². The molecule has 0 heterocycles. The van der Waals surface area contributed by atoms with Crippen molar-refractivity contribution in [2.75, 3.05) is 14.2 Å². The summed E-state index contributed by atoms with van der Waals surface area (Å²) in [5.41, 5.74) is 1.47. The SMILES string of the molecule is CCC(OC)(OC)c1ccc(OS(=O)(=O)Cc2ccccc2)cc1. The molecule has 0 spiro atoms. The number of rotatable bonds is 8. The van der Waals surface area contributed by atoms with Crippen LogP contribution < -0.4 is 4.18 Å². The largest absolute Gasteiger partial charge is 0.382 e. The summed E-state index contributed by atoms with van der Waals surface area (Å²) in [5.74, 6) is -0.765. The van der Waals surface area contributed by atoms with Crippen molar-refractivity contribution in [1.29, 1.82) is 0 Å². The van der Waals surface area contributed by atoms with Gasteiger partial charge in [-0.1, -0.05) is 37.3 Å². The van der Waals surface area contributed by atoms with Gasteiger partial charge in [0.2, 0.25) is 0 Å². The molecule has 0 aliphatic heterocycles. The van der Waals surface area contributed by atoms with E-state index in [0.717, 1.165) is 5.56 Å². The van der Waals surface area contributed by atoms with Crippen molar-refractivity contribution >= 4 is 10.1 Å². The fourth-order valence-electron chi connectivity index (χ4n) is 2.53. The van der Waals surface area contributed by atoms with E-state index in [1.54, 1.807) is 62.8 Å². The molecule has 130 valence electrons. The molecular weight excluding hydrogens is 328 g/mol. The van der Waals surface area contributed by atoms with Crippen LogP contribution in [0, 0.1) is 0 Å².